The maximum absolute atomic E-state index is 12.1. The molecule has 3 heterocycles. The molecule has 3 aliphatic rings. The van der Waals surface area contributed by atoms with E-state index in [1.54, 1.807) is 6.92 Å². The molecule has 7 heteroatoms. The zero-order valence-electron chi connectivity index (χ0n) is 12.6. The van der Waals surface area contributed by atoms with Crippen LogP contribution in [0.15, 0.2) is 15.8 Å². The van der Waals surface area contributed by atoms with Gasteiger partial charge in [0.05, 0.1) is 6.10 Å². The zero-order valence-corrected chi connectivity index (χ0v) is 12.6. The molecular formula is C15H20N2O5. The van der Waals surface area contributed by atoms with Crippen LogP contribution in [0.5, 0.6) is 0 Å². The molecule has 1 aromatic rings. The van der Waals surface area contributed by atoms with E-state index in [9.17, 15) is 14.7 Å². The number of nitrogens with one attached hydrogen (secondary N) is 1. The highest BCUT2D eigenvalue weighted by Gasteiger charge is 2.69. The van der Waals surface area contributed by atoms with Gasteiger partial charge in [0.25, 0.3) is 5.56 Å². The van der Waals surface area contributed by atoms with Crippen LogP contribution in [0.4, 0.5) is 0 Å². The van der Waals surface area contributed by atoms with Crippen molar-refractivity contribution >= 4 is 0 Å². The molecule has 1 saturated carbocycles. The highest BCUT2D eigenvalue weighted by Crippen LogP contribution is 2.56. The Kier molecular flexibility index (Phi) is 2.92. The zero-order chi connectivity index (χ0) is 15.6. The molecule has 2 unspecified atom stereocenters. The van der Waals surface area contributed by atoms with Crippen molar-refractivity contribution in [3.8, 4) is 0 Å². The van der Waals surface area contributed by atoms with Gasteiger partial charge in [0.15, 0.2) is 6.23 Å². The number of nitrogens with zero attached hydrogens (tertiary/aromatic N) is 1. The average Bonchev–Trinajstić information content (AvgIpc) is 2.92. The molecule has 1 spiro atoms. The average molecular weight is 308 g/mol. The van der Waals surface area contributed by atoms with Crippen molar-refractivity contribution in [2.75, 3.05) is 0 Å². The van der Waals surface area contributed by atoms with Crippen molar-refractivity contribution in [3.05, 3.63) is 32.6 Å². The second-order valence-electron chi connectivity index (χ2n) is 6.71. The van der Waals surface area contributed by atoms with Crippen LogP contribution in [-0.4, -0.2) is 38.6 Å². The minimum absolute atomic E-state index is 0.118. The summed E-state index contributed by atoms with van der Waals surface area (Å²) in [6, 6.07) is 0. The van der Waals surface area contributed by atoms with E-state index in [1.165, 1.54) is 10.8 Å². The maximum atomic E-state index is 12.1. The number of hydrogen-bond acceptors (Lipinski definition) is 5. The predicted octanol–water partition coefficient (Wildman–Crippen LogP) is 0.0609. The quantitative estimate of drug-likeness (QED) is 0.765. The lowest BCUT2D eigenvalue weighted by Crippen LogP contribution is -2.55. The van der Waals surface area contributed by atoms with Gasteiger partial charge in [-0.15, -0.1) is 0 Å². The number of aliphatic hydroxyl groups excluding tert-OH is 1. The molecule has 120 valence electrons. The Morgan fingerprint density at radius 1 is 1.41 bits per heavy atom. The topological polar surface area (TPSA) is 93.6 Å². The first-order valence-corrected chi connectivity index (χ1v) is 7.78. The molecule has 3 fully saturated rings. The normalized spacial score (nSPS) is 43.3. The first kappa shape index (κ1) is 14.2. The monoisotopic (exact) mass is 308 g/mol. The second kappa shape index (κ2) is 4.53. The molecule has 1 aromatic heterocycles. The van der Waals surface area contributed by atoms with Crippen molar-refractivity contribution in [1.82, 2.24) is 9.55 Å². The number of fused-ring (bicyclic) bond motifs is 1. The summed E-state index contributed by atoms with van der Waals surface area (Å²) in [5, 5.41) is 10.7. The number of ether oxygens (including phenoxy) is 2. The number of aromatic nitrogens is 2. The Morgan fingerprint density at radius 3 is 2.95 bits per heavy atom. The summed E-state index contributed by atoms with van der Waals surface area (Å²) in [6.45, 7) is 3.69. The molecule has 2 bridgehead atoms. The molecule has 0 aromatic carbocycles. The van der Waals surface area contributed by atoms with E-state index < -0.39 is 35.3 Å². The van der Waals surface area contributed by atoms with Crippen LogP contribution in [0.1, 0.15) is 38.0 Å². The van der Waals surface area contributed by atoms with E-state index in [2.05, 4.69) is 11.9 Å². The molecule has 2 aliphatic heterocycles. The number of aliphatic hydroxyl groups is 1. The fraction of sp³-hybridized carbons (Fsp3) is 0.733. The van der Waals surface area contributed by atoms with Crippen LogP contribution in [0, 0.1) is 12.8 Å². The number of H-pyrrole nitrogens is 1. The van der Waals surface area contributed by atoms with Crippen molar-refractivity contribution in [2.24, 2.45) is 5.92 Å². The van der Waals surface area contributed by atoms with Gasteiger partial charge in [0.2, 0.25) is 0 Å². The van der Waals surface area contributed by atoms with Crippen LogP contribution >= 0.6 is 0 Å². The fourth-order valence-electron chi connectivity index (χ4n) is 4.31. The Labute approximate surface area is 126 Å². The third-order valence-electron chi connectivity index (χ3n) is 5.50. The van der Waals surface area contributed by atoms with Gasteiger partial charge >= 0.3 is 5.69 Å². The highest BCUT2D eigenvalue weighted by molar-refractivity contribution is 5.16. The number of rotatable bonds is 1. The third kappa shape index (κ3) is 1.61. The van der Waals surface area contributed by atoms with Crippen LogP contribution in [0.25, 0.3) is 0 Å². The van der Waals surface area contributed by atoms with E-state index in [-0.39, 0.29) is 12.0 Å². The summed E-state index contributed by atoms with van der Waals surface area (Å²) in [5.41, 5.74) is -1.27. The molecule has 2 N–H and O–H groups in total. The summed E-state index contributed by atoms with van der Waals surface area (Å²) in [6.07, 6.45) is 2.22. The van der Waals surface area contributed by atoms with Gasteiger partial charge in [-0.05, 0) is 25.7 Å². The lowest BCUT2D eigenvalue weighted by atomic mass is 9.73. The summed E-state index contributed by atoms with van der Waals surface area (Å²) in [4.78, 5) is 25.9. The van der Waals surface area contributed by atoms with Crippen LogP contribution in [0.3, 0.4) is 0 Å². The standard InChI is InChI=1S/C15H20N2O5/c1-7-6-17(14(20)16-12(7)19)13-10-11(18)15(22-13)8(2)4-3-5-9(15)21-10/h6,8-11,13,18H,3-5H2,1-2H3,(H,16,19,20)/t8?,9-,10+,11-,13+,15?/m0/s1. The van der Waals surface area contributed by atoms with Crippen molar-refractivity contribution in [1.29, 1.82) is 0 Å². The Balaban J connectivity index is 1.77. The van der Waals surface area contributed by atoms with E-state index in [4.69, 9.17) is 9.47 Å². The molecule has 0 radical (unpaired) electrons. The summed E-state index contributed by atoms with van der Waals surface area (Å²) in [5.74, 6) is 0.163. The molecular weight excluding hydrogens is 288 g/mol. The van der Waals surface area contributed by atoms with Gasteiger partial charge in [0.1, 0.15) is 17.8 Å². The molecule has 0 amide bonds. The van der Waals surface area contributed by atoms with Gasteiger partial charge in [0, 0.05) is 11.8 Å². The predicted molar refractivity (Wildman–Crippen MR) is 76.6 cm³/mol. The largest absolute Gasteiger partial charge is 0.387 e. The van der Waals surface area contributed by atoms with E-state index in [1.807, 2.05) is 0 Å². The second-order valence-corrected chi connectivity index (χ2v) is 6.71. The smallest absolute Gasteiger partial charge is 0.330 e. The highest BCUT2D eigenvalue weighted by atomic mass is 16.7. The van der Waals surface area contributed by atoms with E-state index >= 15 is 0 Å². The Hall–Kier alpha value is -1.44. The molecule has 6 atom stereocenters. The summed E-state index contributed by atoms with van der Waals surface area (Å²) in [7, 11) is 0. The molecule has 2 saturated heterocycles. The van der Waals surface area contributed by atoms with Crippen molar-refractivity contribution in [3.63, 3.8) is 0 Å². The lowest BCUT2D eigenvalue weighted by molar-refractivity contribution is -0.240. The summed E-state index contributed by atoms with van der Waals surface area (Å²) >= 11 is 0. The van der Waals surface area contributed by atoms with Gasteiger partial charge in [-0.3, -0.25) is 14.3 Å². The number of aryl methyl sites for hydroxylation is 1. The molecule has 4 rings (SSSR count). The van der Waals surface area contributed by atoms with Gasteiger partial charge < -0.3 is 14.6 Å². The van der Waals surface area contributed by atoms with Gasteiger partial charge in [-0.25, -0.2) is 4.79 Å². The van der Waals surface area contributed by atoms with E-state index in [0.29, 0.717) is 5.56 Å². The van der Waals surface area contributed by atoms with Crippen LogP contribution in [0.2, 0.25) is 0 Å². The first-order valence-electron chi connectivity index (χ1n) is 7.78. The minimum atomic E-state index is -0.753. The number of aromatic amines is 1. The fourth-order valence-corrected chi connectivity index (χ4v) is 4.31. The Morgan fingerprint density at radius 2 is 2.18 bits per heavy atom. The van der Waals surface area contributed by atoms with Crippen LogP contribution in [-0.2, 0) is 9.47 Å². The minimum Gasteiger partial charge on any atom is -0.387 e. The SMILES string of the molecule is Cc1cn([C@@H]2OC34C(C)CCC[C@@H]3O[C@@H]2[C@@H]4O)c(=O)[nH]c1=O. The van der Waals surface area contributed by atoms with Crippen molar-refractivity contribution < 1.29 is 14.6 Å². The summed E-state index contributed by atoms with van der Waals surface area (Å²) < 4.78 is 13.5. The lowest BCUT2D eigenvalue weighted by Gasteiger charge is -2.44. The van der Waals surface area contributed by atoms with Crippen molar-refractivity contribution in [2.45, 2.75) is 63.3 Å². The third-order valence-corrected chi connectivity index (χ3v) is 5.50. The van der Waals surface area contributed by atoms with Gasteiger partial charge in [-0.2, -0.15) is 0 Å². The maximum Gasteiger partial charge on any atom is 0.330 e. The van der Waals surface area contributed by atoms with Crippen LogP contribution < -0.4 is 11.2 Å². The van der Waals surface area contributed by atoms with E-state index in [0.717, 1.165) is 19.3 Å². The Bertz CT molecular complexity index is 725. The first-order chi connectivity index (χ1) is 10.4. The molecule has 1 aliphatic carbocycles. The molecule has 7 nitrogen and oxygen atoms in total. The van der Waals surface area contributed by atoms with Gasteiger partial charge in [-0.1, -0.05) is 13.3 Å². The number of hydrogen-bond donors (Lipinski definition) is 2. The molecule has 22 heavy (non-hydrogen) atoms.